The summed E-state index contributed by atoms with van der Waals surface area (Å²) in [4.78, 5) is 6.43. The van der Waals surface area contributed by atoms with Crippen molar-refractivity contribution in [2.45, 2.75) is 26.0 Å². The minimum atomic E-state index is -0.545. The van der Waals surface area contributed by atoms with Crippen molar-refractivity contribution < 1.29 is 9.84 Å². The van der Waals surface area contributed by atoms with Crippen LogP contribution in [0.3, 0.4) is 0 Å². The van der Waals surface area contributed by atoms with E-state index in [1.54, 1.807) is 6.20 Å². The second-order valence-corrected chi connectivity index (χ2v) is 5.65. The molecule has 0 amide bonds. The molecule has 4 heteroatoms. The van der Waals surface area contributed by atoms with Crippen molar-refractivity contribution >= 4 is 0 Å². The lowest BCUT2D eigenvalue weighted by Gasteiger charge is -2.26. The molecular formula is C18H24N2O2. The highest BCUT2D eigenvalue weighted by atomic mass is 16.5. The zero-order valence-corrected chi connectivity index (χ0v) is 13.4. The predicted molar refractivity (Wildman–Crippen MR) is 88.0 cm³/mol. The van der Waals surface area contributed by atoms with Crippen LogP contribution in [-0.2, 0) is 0 Å². The number of aryl methyl sites for hydroxylation is 1. The third-order valence-corrected chi connectivity index (χ3v) is 3.71. The molecule has 1 N–H and O–H groups in total. The van der Waals surface area contributed by atoms with Gasteiger partial charge in [0, 0.05) is 18.8 Å². The average molecular weight is 300 g/mol. The summed E-state index contributed by atoms with van der Waals surface area (Å²) in [5.74, 6) is 0.791. The number of hydrogen-bond acceptors (Lipinski definition) is 4. The Morgan fingerprint density at radius 1 is 1.23 bits per heavy atom. The van der Waals surface area contributed by atoms with Gasteiger partial charge >= 0.3 is 0 Å². The first-order valence-corrected chi connectivity index (χ1v) is 7.55. The smallest absolute Gasteiger partial charge is 0.119 e. The van der Waals surface area contributed by atoms with Gasteiger partial charge in [-0.3, -0.25) is 9.88 Å². The molecule has 2 aromatic rings. The molecule has 22 heavy (non-hydrogen) atoms. The summed E-state index contributed by atoms with van der Waals surface area (Å²) in [6, 6.07) is 13.9. The quantitative estimate of drug-likeness (QED) is 0.854. The molecule has 2 unspecified atom stereocenters. The van der Waals surface area contributed by atoms with Crippen LogP contribution in [0.15, 0.2) is 48.7 Å². The van der Waals surface area contributed by atoms with E-state index in [1.165, 1.54) is 0 Å². The van der Waals surface area contributed by atoms with Crippen LogP contribution in [0.1, 0.15) is 24.2 Å². The lowest BCUT2D eigenvalue weighted by atomic mass is 10.2. The summed E-state index contributed by atoms with van der Waals surface area (Å²) < 4.78 is 5.64. The van der Waals surface area contributed by atoms with Gasteiger partial charge in [-0.1, -0.05) is 18.2 Å². The van der Waals surface area contributed by atoms with E-state index < -0.39 is 6.10 Å². The van der Waals surface area contributed by atoms with Crippen LogP contribution in [0.5, 0.6) is 5.75 Å². The molecule has 0 aliphatic rings. The third-order valence-electron chi connectivity index (χ3n) is 3.71. The number of pyridine rings is 1. The van der Waals surface area contributed by atoms with Crippen molar-refractivity contribution in [1.29, 1.82) is 0 Å². The van der Waals surface area contributed by atoms with Crippen molar-refractivity contribution in [2.24, 2.45) is 0 Å². The summed E-state index contributed by atoms with van der Waals surface area (Å²) >= 11 is 0. The fraction of sp³-hybridized carbons (Fsp3) is 0.389. The van der Waals surface area contributed by atoms with Crippen molar-refractivity contribution in [3.05, 3.63) is 59.9 Å². The highest BCUT2D eigenvalue weighted by Crippen LogP contribution is 2.16. The number of hydrogen-bond donors (Lipinski definition) is 1. The maximum atomic E-state index is 10.2. The van der Waals surface area contributed by atoms with Gasteiger partial charge in [-0.2, -0.15) is 0 Å². The van der Waals surface area contributed by atoms with Crippen LogP contribution in [-0.4, -0.2) is 41.3 Å². The van der Waals surface area contributed by atoms with E-state index in [4.69, 9.17) is 4.74 Å². The second kappa shape index (κ2) is 7.92. The van der Waals surface area contributed by atoms with Gasteiger partial charge in [-0.25, -0.2) is 0 Å². The zero-order valence-electron chi connectivity index (χ0n) is 13.4. The monoisotopic (exact) mass is 300 g/mol. The Bertz CT molecular complexity index is 574. The lowest BCUT2D eigenvalue weighted by Crippen LogP contribution is -2.35. The van der Waals surface area contributed by atoms with Gasteiger partial charge in [0.25, 0.3) is 0 Å². The fourth-order valence-electron chi connectivity index (χ4n) is 2.29. The minimum Gasteiger partial charge on any atom is -0.491 e. The van der Waals surface area contributed by atoms with Gasteiger partial charge in [0.1, 0.15) is 18.5 Å². The average Bonchev–Trinajstić information content (AvgIpc) is 2.53. The third kappa shape index (κ3) is 4.83. The summed E-state index contributed by atoms with van der Waals surface area (Å²) in [6.07, 6.45) is 1.24. The Balaban J connectivity index is 1.82. The molecule has 0 saturated carbocycles. The first kappa shape index (κ1) is 16.5. The normalized spacial score (nSPS) is 13.9. The van der Waals surface area contributed by atoms with Crippen molar-refractivity contribution in [3.63, 3.8) is 0 Å². The number of aliphatic hydroxyl groups is 1. The molecule has 1 aromatic carbocycles. The predicted octanol–water partition coefficient (Wildman–Crippen LogP) is 2.82. The highest BCUT2D eigenvalue weighted by molar-refractivity contribution is 5.27. The maximum Gasteiger partial charge on any atom is 0.119 e. The minimum absolute atomic E-state index is 0.148. The van der Waals surface area contributed by atoms with E-state index in [0.29, 0.717) is 6.54 Å². The van der Waals surface area contributed by atoms with E-state index in [9.17, 15) is 5.11 Å². The molecule has 2 atom stereocenters. The van der Waals surface area contributed by atoms with Crippen LogP contribution in [0.4, 0.5) is 0 Å². The molecule has 0 aliphatic heterocycles. The van der Waals surface area contributed by atoms with Crippen LogP contribution >= 0.6 is 0 Å². The van der Waals surface area contributed by atoms with Crippen molar-refractivity contribution in [1.82, 2.24) is 9.88 Å². The first-order valence-electron chi connectivity index (χ1n) is 7.55. The van der Waals surface area contributed by atoms with E-state index in [0.717, 1.165) is 17.0 Å². The Morgan fingerprint density at radius 2 is 2.05 bits per heavy atom. The van der Waals surface area contributed by atoms with Crippen LogP contribution < -0.4 is 4.74 Å². The summed E-state index contributed by atoms with van der Waals surface area (Å²) in [5.41, 5.74) is 2.14. The molecule has 1 heterocycles. The SMILES string of the molecule is Cc1cccc(OCC(O)CN(C)C(C)c2ccccn2)c1. The number of ether oxygens (including phenoxy) is 1. The van der Waals surface area contributed by atoms with Gasteiger partial charge in [0.05, 0.1) is 5.69 Å². The van der Waals surface area contributed by atoms with Crippen molar-refractivity contribution in [3.8, 4) is 5.75 Å². The number of nitrogens with zero attached hydrogens (tertiary/aromatic N) is 2. The second-order valence-electron chi connectivity index (χ2n) is 5.65. The largest absolute Gasteiger partial charge is 0.491 e. The van der Waals surface area contributed by atoms with Gasteiger partial charge in [-0.15, -0.1) is 0 Å². The van der Waals surface area contributed by atoms with Gasteiger partial charge < -0.3 is 9.84 Å². The van der Waals surface area contributed by atoms with Gasteiger partial charge in [0.2, 0.25) is 0 Å². The fourth-order valence-corrected chi connectivity index (χ4v) is 2.29. The first-order chi connectivity index (χ1) is 10.6. The van der Waals surface area contributed by atoms with Gasteiger partial charge in [-0.05, 0) is 50.7 Å². The molecule has 4 nitrogen and oxygen atoms in total. The molecule has 0 saturated heterocycles. The standard InChI is InChI=1S/C18H24N2O2/c1-14-7-6-8-17(11-14)22-13-16(21)12-20(3)15(2)18-9-4-5-10-19-18/h4-11,15-16,21H,12-13H2,1-3H3. The van der Waals surface area contributed by atoms with Crippen molar-refractivity contribution in [2.75, 3.05) is 20.2 Å². The molecule has 2 rings (SSSR count). The topological polar surface area (TPSA) is 45.6 Å². The number of likely N-dealkylation sites (N-methyl/N-ethyl adjacent to an activating group) is 1. The van der Waals surface area contributed by atoms with E-state index in [2.05, 4.69) is 16.8 Å². The Kier molecular flexibility index (Phi) is 5.92. The Hall–Kier alpha value is -1.91. The lowest BCUT2D eigenvalue weighted by molar-refractivity contribution is 0.0648. The molecule has 0 fully saturated rings. The molecule has 118 valence electrons. The molecule has 0 aliphatic carbocycles. The number of aromatic nitrogens is 1. The van der Waals surface area contributed by atoms with E-state index >= 15 is 0 Å². The number of rotatable bonds is 7. The van der Waals surface area contributed by atoms with Crippen LogP contribution in [0, 0.1) is 6.92 Å². The summed E-state index contributed by atoms with van der Waals surface area (Å²) in [6.45, 7) is 4.91. The van der Waals surface area contributed by atoms with E-state index in [-0.39, 0.29) is 12.6 Å². The zero-order chi connectivity index (χ0) is 15.9. The molecule has 0 radical (unpaired) electrons. The van der Waals surface area contributed by atoms with Gasteiger partial charge in [0.15, 0.2) is 0 Å². The number of benzene rings is 1. The summed E-state index contributed by atoms with van der Waals surface area (Å²) in [7, 11) is 1.98. The Morgan fingerprint density at radius 3 is 2.73 bits per heavy atom. The van der Waals surface area contributed by atoms with E-state index in [1.807, 2.05) is 56.4 Å². The van der Waals surface area contributed by atoms with Crippen LogP contribution in [0.25, 0.3) is 0 Å². The molecule has 0 spiro atoms. The highest BCUT2D eigenvalue weighted by Gasteiger charge is 2.16. The van der Waals surface area contributed by atoms with Crippen LogP contribution in [0.2, 0.25) is 0 Å². The Labute approximate surface area is 132 Å². The maximum absolute atomic E-state index is 10.2. The molecule has 1 aromatic heterocycles. The number of aliphatic hydroxyl groups excluding tert-OH is 1. The molecular weight excluding hydrogens is 276 g/mol. The molecule has 0 bridgehead atoms. The summed E-state index contributed by atoms with van der Waals surface area (Å²) in [5, 5.41) is 10.2.